The Morgan fingerprint density at radius 1 is 1.33 bits per heavy atom. The van der Waals surface area contributed by atoms with Crippen LogP contribution in [0.3, 0.4) is 0 Å². The molecular weight excluding hydrogens is 343 g/mol. The maximum atomic E-state index is 6.13. The van der Waals surface area contributed by atoms with Crippen molar-refractivity contribution in [3.8, 4) is 5.75 Å². The Hall–Kier alpha value is 0.270. The zero-order valence-corrected chi connectivity index (χ0v) is 12.4. The third-order valence-electron chi connectivity index (χ3n) is 2.20. The minimum atomic E-state index is 0.551. The number of halogens is 3. The molecule has 0 spiro atoms. The van der Waals surface area contributed by atoms with Crippen LogP contribution in [0.2, 0.25) is 5.02 Å². The molecule has 0 aliphatic rings. The van der Waals surface area contributed by atoms with Crippen molar-refractivity contribution in [3.05, 3.63) is 28.8 Å². The van der Waals surface area contributed by atoms with Gasteiger partial charge in [-0.3, -0.25) is 0 Å². The van der Waals surface area contributed by atoms with Gasteiger partial charge in [-0.25, -0.2) is 0 Å². The lowest BCUT2D eigenvalue weighted by Crippen LogP contribution is -2.08. The van der Waals surface area contributed by atoms with Gasteiger partial charge >= 0.3 is 0 Å². The van der Waals surface area contributed by atoms with E-state index in [0.717, 1.165) is 33.4 Å². The summed E-state index contributed by atoms with van der Waals surface area (Å²) >= 11 is 13.1. The summed E-state index contributed by atoms with van der Waals surface area (Å²) in [4.78, 5) is 0. The molecule has 0 saturated heterocycles. The minimum absolute atomic E-state index is 0.551. The first-order valence-electron chi connectivity index (χ1n) is 4.65. The predicted molar refractivity (Wildman–Crippen MR) is 72.8 cm³/mol. The number of hydrogen-bond donors (Lipinski definition) is 0. The zero-order chi connectivity index (χ0) is 11.3. The lowest BCUT2D eigenvalue weighted by Gasteiger charge is -2.12. The quantitative estimate of drug-likeness (QED) is 0.715. The van der Waals surface area contributed by atoms with E-state index in [-0.39, 0.29) is 0 Å². The highest BCUT2D eigenvalue weighted by Crippen LogP contribution is 2.25. The van der Waals surface area contributed by atoms with Gasteiger partial charge in [0.05, 0.1) is 7.11 Å². The second-order valence-corrected chi connectivity index (χ2v) is 5.04. The van der Waals surface area contributed by atoms with Crippen molar-refractivity contribution in [3.63, 3.8) is 0 Å². The first-order chi connectivity index (χ1) is 7.21. The molecule has 0 aromatic heterocycles. The molecule has 4 heteroatoms. The van der Waals surface area contributed by atoms with Crippen LogP contribution in [0.15, 0.2) is 18.2 Å². The fraction of sp³-hybridized carbons (Fsp3) is 0.455. The van der Waals surface area contributed by atoms with Crippen molar-refractivity contribution < 1.29 is 4.74 Å². The molecule has 15 heavy (non-hydrogen) atoms. The Bertz CT molecular complexity index is 313. The largest absolute Gasteiger partial charge is 0.497 e. The lowest BCUT2D eigenvalue weighted by atomic mass is 10.0. The number of ether oxygens (including phenoxy) is 1. The molecule has 1 rings (SSSR count). The Balaban J connectivity index is 2.82. The van der Waals surface area contributed by atoms with Gasteiger partial charge in [-0.1, -0.05) is 43.5 Å². The second-order valence-electron chi connectivity index (χ2n) is 3.34. The van der Waals surface area contributed by atoms with E-state index in [4.69, 9.17) is 16.3 Å². The van der Waals surface area contributed by atoms with Crippen LogP contribution in [0.5, 0.6) is 5.75 Å². The molecule has 0 heterocycles. The smallest absolute Gasteiger partial charge is 0.119 e. The Labute approximate surface area is 112 Å². The molecule has 0 saturated carbocycles. The van der Waals surface area contributed by atoms with Gasteiger partial charge in [-0.15, -0.1) is 0 Å². The molecule has 0 aliphatic carbocycles. The number of benzene rings is 1. The Morgan fingerprint density at radius 2 is 2.00 bits per heavy atom. The second kappa shape index (κ2) is 6.77. The number of alkyl halides is 2. The van der Waals surface area contributed by atoms with Crippen molar-refractivity contribution in [1.82, 2.24) is 0 Å². The van der Waals surface area contributed by atoms with Crippen molar-refractivity contribution in [2.75, 3.05) is 17.8 Å². The summed E-state index contributed by atoms with van der Waals surface area (Å²) in [6.45, 7) is 0. The van der Waals surface area contributed by atoms with Gasteiger partial charge in [0.1, 0.15) is 5.75 Å². The molecule has 1 nitrogen and oxygen atoms in total. The molecule has 0 atom stereocenters. The predicted octanol–water partition coefficient (Wildman–Crippen LogP) is 4.30. The van der Waals surface area contributed by atoms with Crippen LogP contribution >= 0.6 is 43.5 Å². The first-order valence-corrected chi connectivity index (χ1v) is 7.27. The molecule has 0 unspecified atom stereocenters. The topological polar surface area (TPSA) is 9.23 Å². The van der Waals surface area contributed by atoms with Gasteiger partial charge in [0.25, 0.3) is 0 Å². The van der Waals surface area contributed by atoms with Crippen molar-refractivity contribution in [2.24, 2.45) is 5.92 Å². The Kier molecular flexibility index (Phi) is 6.02. The third-order valence-corrected chi connectivity index (χ3v) is 4.40. The average Bonchev–Trinajstić information content (AvgIpc) is 2.28. The molecule has 1 aromatic rings. The molecule has 0 aliphatic heterocycles. The van der Waals surface area contributed by atoms with Gasteiger partial charge in [0.15, 0.2) is 0 Å². The first kappa shape index (κ1) is 13.3. The van der Waals surface area contributed by atoms with E-state index >= 15 is 0 Å². The van der Waals surface area contributed by atoms with E-state index in [1.165, 1.54) is 0 Å². The van der Waals surface area contributed by atoms with Crippen molar-refractivity contribution >= 4 is 43.5 Å². The molecule has 0 amide bonds. The molecule has 0 radical (unpaired) electrons. The van der Waals surface area contributed by atoms with E-state index < -0.39 is 0 Å². The highest BCUT2D eigenvalue weighted by Gasteiger charge is 2.10. The number of hydrogen-bond acceptors (Lipinski definition) is 1. The van der Waals surface area contributed by atoms with E-state index in [2.05, 4.69) is 31.9 Å². The minimum Gasteiger partial charge on any atom is -0.497 e. The average molecular weight is 356 g/mol. The summed E-state index contributed by atoms with van der Waals surface area (Å²) in [5, 5.41) is 2.74. The summed E-state index contributed by atoms with van der Waals surface area (Å²) in [7, 11) is 1.67. The van der Waals surface area contributed by atoms with Gasteiger partial charge < -0.3 is 4.74 Å². The molecule has 0 fully saturated rings. The van der Waals surface area contributed by atoms with Crippen molar-refractivity contribution in [1.29, 1.82) is 0 Å². The maximum Gasteiger partial charge on any atom is 0.119 e. The Morgan fingerprint density at radius 3 is 2.53 bits per heavy atom. The van der Waals surface area contributed by atoms with Crippen LogP contribution in [-0.2, 0) is 6.42 Å². The normalized spacial score (nSPS) is 10.7. The van der Waals surface area contributed by atoms with Crippen LogP contribution in [0.4, 0.5) is 0 Å². The summed E-state index contributed by atoms with van der Waals surface area (Å²) in [5.74, 6) is 1.41. The van der Waals surface area contributed by atoms with Gasteiger partial charge in [0, 0.05) is 15.7 Å². The van der Waals surface area contributed by atoms with Gasteiger partial charge in [-0.05, 0) is 36.1 Å². The summed E-state index contributed by atoms with van der Waals surface area (Å²) in [6.07, 6.45) is 0.951. The fourth-order valence-electron chi connectivity index (χ4n) is 1.30. The number of rotatable bonds is 5. The van der Waals surface area contributed by atoms with Crippen LogP contribution in [0.25, 0.3) is 0 Å². The van der Waals surface area contributed by atoms with E-state index in [1.807, 2.05) is 18.2 Å². The fourth-order valence-corrected chi connectivity index (χ4v) is 3.02. The molecule has 1 aromatic carbocycles. The van der Waals surface area contributed by atoms with Gasteiger partial charge in [-0.2, -0.15) is 0 Å². The van der Waals surface area contributed by atoms with Crippen LogP contribution in [-0.4, -0.2) is 17.8 Å². The van der Waals surface area contributed by atoms with Crippen molar-refractivity contribution in [2.45, 2.75) is 6.42 Å². The SMILES string of the molecule is COc1ccc(Cl)c(CC(CBr)CBr)c1. The number of methoxy groups -OCH3 is 1. The van der Waals surface area contributed by atoms with E-state index in [1.54, 1.807) is 7.11 Å². The molecule has 84 valence electrons. The van der Waals surface area contributed by atoms with E-state index in [9.17, 15) is 0 Å². The highest BCUT2D eigenvalue weighted by atomic mass is 79.9. The molecule has 0 bridgehead atoms. The maximum absolute atomic E-state index is 6.13. The third kappa shape index (κ3) is 3.97. The standard InChI is InChI=1S/C11H13Br2ClO/c1-15-10-2-3-11(14)9(5-10)4-8(6-12)7-13/h2-3,5,8H,4,6-7H2,1H3. The lowest BCUT2D eigenvalue weighted by molar-refractivity contribution is 0.414. The van der Waals surface area contributed by atoms with Gasteiger partial charge in [0.2, 0.25) is 0 Å². The molecule has 0 N–H and O–H groups in total. The summed E-state index contributed by atoms with van der Waals surface area (Å²) < 4.78 is 5.18. The van der Waals surface area contributed by atoms with Crippen LogP contribution < -0.4 is 4.74 Å². The monoisotopic (exact) mass is 354 g/mol. The highest BCUT2D eigenvalue weighted by molar-refractivity contribution is 9.09. The molecular formula is C11H13Br2ClO. The summed E-state index contributed by atoms with van der Waals surface area (Å²) in [6, 6.07) is 5.76. The zero-order valence-electron chi connectivity index (χ0n) is 8.47. The van der Waals surface area contributed by atoms with E-state index in [0.29, 0.717) is 5.92 Å². The van der Waals surface area contributed by atoms with Crippen LogP contribution in [0, 0.1) is 5.92 Å². The van der Waals surface area contributed by atoms with Crippen LogP contribution in [0.1, 0.15) is 5.56 Å². The summed E-state index contributed by atoms with van der Waals surface area (Å²) in [5.41, 5.74) is 1.14.